The Bertz CT molecular complexity index is 404. The number of ether oxygens (including phenoxy) is 1. The Kier molecular flexibility index (Phi) is 5.02. The van der Waals surface area contributed by atoms with Gasteiger partial charge in [-0.2, -0.15) is 0 Å². The Hall–Kier alpha value is -0.970. The highest BCUT2D eigenvalue weighted by molar-refractivity contribution is 6.27. The standard InChI is InChI=1S/C15H25ClN2O3/c1-15(2,3)21-14(20)18(11-6-7-11)12-5-4-8-17(10-12)13(19)9-16/h11-12H,4-10H2,1-3H3. The summed E-state index contributed by atoms with van der Waals surface area (Å²) >= 11 is 5.64. The maximum atomic E-state index is 12.5. The molecule has 1 heterocycles. The van der Waals surface area contributed by atoms with E-state index in [9.17, 15) is 9.59 Å². The minimum atomic E-state index is -0.496. The molecule has 21 heavy (non-hydrogen) atoms. The number of nitrogens with zero attached hydrogens (tertiary/aromatic N) is 2. The quantitative estimate of drug-likeness (QED) is 0.752. The molecule has 1 saturated carbocycles. The summed E-state index contributed by atoms with van der Waals surface area (Å²) in [5.74, 6) is -0.0518. The minimum Gasteiger partial charge on any atom is -0.444 e. The van der Waals surface area contributed by atoms with Gasteiger partial charge in [-0.1, -0.05) is 0 Å². The average molecular weight is 317 g/mol. The molecule has 120 valence electrons. The highest BCUT2D eigenvalue weighted by Gasteiger charge is 2.41. The summed E-state index contributed by atoms with van der Waals surface area (Å²) < 4.78 is 5.53. The van der Waals surface area contributed by atoms with E-state index in [1.54, 1.807) is 4.90 Å². The molecule has 6 heteroatoms. The average Bonchev–Trinajstić information content (AvgIpc) is 3.21. The van der Waals surface area contributed by atoms with Crippen LogP contribution >= 0.6 is 11.6 Å². The van der Waals surface area contributed by atoms with Crippen LogP contribution < -0.4 is 0 Å². The zero-order valence-electron chi connectivity index (χ0n) is 13.1. The molecule has 2 fully saturated rings. The molecule has 0 bridgehead atoms. The number of rotatable bonds is 3. The molecular formula is C15H25ClN2O3. The molecule has 1 aliphatic carbocycles. The zero-order chi connectivity index (χ0) is 15.6. The first kappa shape index (κ1) is 16.4. The third kappa shape index (κ3) is 4.50. The number of hydrogen-bond acceptors (Lipinski definition) is 3. The lowest BCUT2D eigenvalue weighted by Gasteiger charge is -2.39. The van der Waals surface area contributed by atoms with Crippen LogP contribution in [0.5, 0.6) is 0 Å². The van der Waals surface area contributed by atoms with E-state index >= 15 is 0 Å². The van der Waals surface area contributed by atoms with Crippen LogP contribution in [0.25, 0.3) is 0 Å². The molecule has 2 rings (SSSR count). The summed E-state index contributed by atoms with van der Waals surface area (Å²) in [7, 11) is 0. The Balaban J connectivity index is 2.04. The highest BCUT2D eigenvalue weighted by Crippen LogP contribution is 2.32. The molecule has 0 aromatic carbocycles. The van der Waals surface area contributed by atoms with Crippen LogP contribution in [-0.4, -0.2) is 58.5 Å². The Morgan fingerprint density at radius 3 is 2.43 bits per heavy atom. The zero-order valence-corrected chi connectivity index (χ0v) is 13.9. The van der Waals surface area contributed by atoms with Gasteiger partial charge in [0.05, 0.1) is 6.04 Å². The van der Waals surface area contributed by atoms with Crippen molar-refractivity contribution in [1.29, 1.82) is 0 Å². The third-order valence-electron chi connectivity index (χ3n) is 3.80. The number of halogens is 1. The van der Waals surface area contributed by atoms with Gasteiger partial charge in [0.15, 0.2) is 0 Å². The van der Waals surface area contributed by atoms with Gasteiger partial charge in [-0.3, -0.25) is 4.79 Å². The Labute approximate surface area is 131 Å². The maximum Gasteiger partial charge on any atom is 0.410 e. The topological polar surface area (TPSA) is 49.9 Å². The van der Waals surface area contributed by atoms with Gasteiger partial charge >= 0.3 is 6.09 Å². The summed E-state index contributed by atoms with van der Waals surface area (Å²) in [6.45, 7) is 6.93. The van der Waals surface area contributed by atoms with Gasteiger partial charge in [-0.05, 0) is 46.5 Å². The van der Waals surface area contributed by atoms with Gasteiger partial charge in [0, 0.05) is 19.1 Å². The fourth-order valence-electron chi connectivity index (χ4n) is 2.76. The van der Waals surface area contributed by atoms with E-state index < -0.39 is 5.60 Å². The van der Waals surface area contributed by atoms with Crippen molar-refractivity contribution < 1.29 is 14.3 Å². The maximum absolute atomic E-state index is 12.5. The van der Waals surface area contributed by atoms with E-state index in [2.05, 4.69) is 0 Å². The largest absolute Gasteiger partial charge is 0.444 e. The molecule has 1 aliphatic heterocycles. The first-order chi connectivity index (χ1) is 9.81. The SMILES string of the molecule is CC(C)(C)OC(=O)N(C1CC1)C1CCCN(C(=O)CCl)C1. The molecule has 2 amide bonds. The van der Waals surface area contributed by atoms with Crippen LogP contribution in [0.1, 0.15) is 46.5 Å². The molecule has 2 aliphatic rings. The fourth-order valence-corrected chi connectivity index (χ4v) is 2.93. The molecule has 0 N–H and O–H groups in total. The lowest BCUT2D eigenvalue weighted by Crippen LogP contribution is -2.53. The van der Waals surface area contributed by atoms with E-state index in [0.29, 0.717) is 6.54 Å². The highest BCUT2D eigenvalue weighted by atomic mass is 35.5. The molecule has 1 unspecified atom stereocenters. The lowest BCUT2D eigenvalue weighted by molar-refractivity contribution is -0.130. The van der Waals surface area contributed by atoms with Gasteiger partial charge in [0.2, 0.25) is 5.91 Å². The summed E-state index contributed by atoms with van der Waals surface area (Å²) in [4.78, 5) is 27.9. The molecule has 0 radical (unpaired) electrons. The number of amides is 2. The van der Waals surface area contributed by atoms with Crippen molar-refractivity contribution in [1.82, 2.24) is 9.80 Å². The van der Waals surface area contributed by atoms with Crippen molar-refractivity contribution in [2.24, 2.45) is 0 Å². The number of likely N-dealkylation sites (tertiary alicyclic amines) is 1. The van der Waals surface area contributed by atoms with Crippen molar-refractivity contribution in [3.05, 3.63) is 0 Å². The van der Waals surface area contributed by atoms with E-state index in [1.807, 2.05) is 25.7 Å². The molecular weight excluding hydrogens is 292 g/mol. The van der Waals surface area contributed by atoms with E-state index in [4.69, 9.17) is 16.3 Å². The number of carbonyl (C=O) groups excluding carboxylic acids is 2. The monoisotopic (exact) mass is 316 g/mol. The van der Waals surface area contributed by atoms with Crippen LogP contribution in [0.15, 0.2) is 0 Å². The molecule has 0 spiro atoms. The van der Waals surface area contributed by atoms with Crippen molar-refractivity contribution in [2.45, 2.75) is 64.1 Å². The second kappa shape index (κ2) is 6.42. The van der Waals surface area contributed by atoms with Gasteiger partial charge < -0.3 is 14.5 Å². The van der Waals surface area contributed by atoms with Crippen molar-refractivity contribution >= 4 is 23.6 Å². The molecule has 0 aromatic heterocycles. The first-order valence-electron chi connectivity index (χ1n) is 7.67. The number of carbonyl (C=O) groups is 2. The number of alkyl halides is 1. The molecule has 0 aromatic rings. The van der Waals surface area contributed by atoms with Gasteiger partial charge in [-0.15, -0.1) is 11.6 Å². The Morgan fingerprint density at radius 2 is 1.90 bits per heavy atom. The van der Waals surface area contributed by atoms with Gasteiger partial charge in [0.1, 0.15) is 11.5 Å². The number of hydrogen-bond donors (Lipinski definition) is 0. The predicted octanol–water partition coefficient (Wildman–Crippen LogP) is 2.62. The molecule has 1 atom stereocenters. The summed E-state index contributed by atoms with van der Waals surface area (Å²) in [6, 6.07) is 0.323. The van der Waals surface area contributed by atoms with Gasteiger partial charge in [0.25, 0.3) is 0 Å². The van der Waals surface area contributed by atoms with Crippen molar-refractivity contribution in [2.75, 3.05) is 19.0 Å². The van der Waals surface area contributed by atoms with E-state index in [0.717, 1.165) is 32.2 Å². The lowest BCUT2D eigenvalue weighted by atomic mass is 10.0. The second-order valence-electron chi connectivity index (χ2n) is 6.89. The normalized spacial score (nSPS) is 22.9. The molecule has 1 saturated heterocycles. The fraction of sp³-hybridized carbons (Fsp3) is 0.867. The van der Waals surface area contributed by atoms with E-state index in [-0.39, 0.29) is 30.0 Å². The Morgan fingerprint density at radius 1 is 1.24 bits per heavy atom. The van der Waals surface area contributed by atoms with Gasteiger partial charge in [-0.25, -0.2) is 4.79 Å². The van der Waals surface area contributed by atoms with Crippen molar-refractivity contribution in [3.63, 3.8) is 0 Å². The van der Waals surface area contributed by atoms with Crippen LogP contribution in [0.2, 0.25) is 0 Å². The van der Waals surface area contributed by atoms with Crippen LogP contribution in [-0.2, 0) is 9.53 Å². The van der Waals surface area contributed by atoms with Crippen LogP contribution in [0, 0.1) is 0 Å². The number of piperidine rings is 1. The summed E-state index contributed by atoms with van der Waals surface area (Å²) in [6.07, 6.45) is 3.62. The van der Waals surface area contributed by atoms with Crippen LogP contribution in [0.4, 0.5) is 4.79 Å². The van der Waals surface area contributed by atoms with Crippen molar-refractivity contribution in [3.8, 4) is 0 Å². The second-order valence-corrected chi connectivity index (χ2v) is 7.16. The minimum absolute atomic E-state index is 0.00257. The van der Waals surface area contributed by atoms with E-state index in [1.165, 1.54) is 0 Å². The van der Waals surface area contributed by atoms with Crippen LogP contribution in [0.3, 0.4) is 0 Å². The summed E-state index contributed by atoms with van der Waals surface area (Å²) in [5.41, 5.74) is -0.496. The first-order valence-corrected chi connectivity index (χ1v) is 8.20. The smallest absolute Gasteiger partial charge is 0.410 e. The third-order valence-corrected chi connectivity index (χ3v) is 4.03. The summed E-state index contributed by atoms with van der Waals surface area (Å²) in [5, 5.41) is 0. The predicted molar refractivity (Wildman–Crippen MR) is 81.4 cm³/mol. The molecule has 5 nitrogen and oxygen atoms in total.